The second-order valence-corrected chi connectivity index (χ2v) is 5.77. The van der Waals surface area contributed by atoms with Crippen molar-refractivity contribution in [3.63, 3.8) is 0 Å². The number of aliphatic hydroxyl groups excluding tert-OH is 1. The van der Waals surface area contributed by atoms with Gasteiger partial charge >= 0.3 is 0 Å². The third-order valence-electron chi connectivity index (χ3n) is 4.11. The van der Waals surface area contributed by atoms with E-state index in [4.69, 9.17) is 10.8 Å². The van der Waals surface area contributed by atoms with Crippen LogP contribution in [0.25, 0.3) is 21.9 Å². The zero-order valence-corrected chi connectivity index (χ0v) is 13.0. The number of pyridine rings is 1. The van der Waals surface area contributed by atoms with Crippen molar-refractivity contribution in [2.24, 2.45) is 5.73 Å². The number of carbonyl (C=O) groups is 1. The molecule has 0 aliphatic rings. The molecule has 3 aromatic rings. The normalized spacial score (nSPS) is 11.3. The van der Waals surface area contributed by atoms with Gasteiger partial charge in [0.1, 0.15) is 5.65 Å². The van der Waals surface area contributed by atoms with Gasteiger partial charge in [0, 0.05) is 36.5 Å². The van der Waals surface area contributed by atoms with Crippen molar-refractivity contribution >= 4 is 27.8 Å². The fourth-order valence-electron chi connectivity index (χ4n) is 3.05. The Kier molecular flexibility index (Phi) is 4.57. The van der Waals surface area contributed by atoms with Gasteiger partial charge < -0.3 is 15.4 Å². The van der Waals surface area contributed by atoms with Crippen molar-refractivity contribution in [2.75, 3.05) is 6.61 Å². The molecular weight excluding hydrogens is 290 g/mol. The number of benzene rings is 1. The molecule has 3 N–H and O–H groups in total. The predicted molar refractivity (Wildman–Crippen MR) is 91.1 cm³/mol. The lowest BCUT2D eigenvalue weighted by atomic mass is 10.1. The van der Waals surface area contributed by atoms with E-state index >= 15 is 0 Å². The molecule has 0 unspecified atom stereocenters. The topological polar surface area (TPSA) is 81.1 Å². The molecule has 1 aromatic carbocycles. The number of aliphatic hydroxyl groups is 1. The van der Waals surface area contributed by atoms with Crippen molar-refractivity contribution < 1.29 is 9.90 Å². The summed E-state index contributed by atoms with van der Waals surface area (Å²) >= 11 is 0. The summed E-state index contributed by atoms with van der Waals surface area (Å²) in [5.74, 6) is -0.273. The maximum absolute atomic E-state index is 11.0. The molecule has 0 aliphatic heterocycles. The molecule has 0 radical (unpaired) electrons. The van der Waals surface area contributed by atoms with Crippen LogP contribution in [0.5, 0.6) is 0 Å². The maximum atomic E-state index is 11.0. The van der Waals surface area contributed by atoms with Gasteiger partial charge in [-0.3, -0.25) is 4.79 Å². The molecule has 5 nitrogen and oxygen atoms in total. The van der Waals surface area contributed by atoms with E-state index in [-0.39, 0.29) is 12.5 Å². The van der Waals surface area contributed by atoms with E-state index in [1.54, 1.807) is 6.20 Å². The van der Waals surface area contributed by atoms with E-state index in [2.05, 4.69) is 33.8 Å². The molecular formula is C18H21N3O2. The lowest BCUT2D eigenvalue weighted by Crippen LogP contribution is -2.11. The molecule has 5 heteroatoms. The number of hydrogen-bond donors (Lipinski definition) is 2. The zero-order chi connectivity index (χ0) is 16.2. The average molecular weight is 311 g/mol. The highest BCUT2D eigenvalue weighted by atomic mass is 16.2. The molecule has 1 amide bonds. The predicted octanol–water partition coefficient (Wildman–Crippen LogP) is 2.38. The summed E-state index contributed by atoms with van der Waals surface area (Å²) in [6, 6.07) is 10.4. The standard InChI is InChI=1S/C18H21N3O2/c19-17(23)6-2-10-21-16-8-7-13(4-3-11-22)12-15(16)14-5-1-9-20-18(14)21/h1,5,7-9,12,22H,2-4,6,10-11H2,(H2,19,23). The third-order valence-corrected chi connectivity index (χ3v) is 4.11. The SMILES string of the molecule is NC(=O)CCCn1c2ccc(CCCO)cc2c2cccnc21. The second-order valence-electron chi connectivity index (χ2n) is 5.77. The third kappa shape index (κ3) is 3.19. The van der Waals surface area contributed by atoms with Gasteiger partial charge in [0.2, 0.25) is 5.91 Å². The molecule has 120 valence electrons. The fourth-order valence-corrected chi connectivity index (χ4v) is 3.05. The van der Waals surface area contributed by atoms with Crippen LogP contribution in [0.2, 0.25) is 0 Å². The van der Waals surface area contributed by atoms with Gasteiger partial charge in [0.05, 0.1) is 5.52 Å². The van der Waals surface area contributed by atoms with E-state index in [1.165, 1.54) is 10.9 Å². The van der Waals surface area contributed by atoms with Crippen LogP contribution in [0.15, 0.2) is 36.5 Å². The lowest BCUT2D eigenvalue weighted by molar-refractivity contribution is -0.118. The van der Waals surface area contributed by atoms with Crippen LogP contribution in [0.4, 0.5) is 0 Å². The number of aryl methyl sites for hydroxylation is 2. The average Bonchev–Trinajstić information content (AvgIpc) is 2.87. The van der Waals surface area contributed by atoms with Gasteiger partial charge in [-0.2, -0.15) is 0 Å². The Balaban J connectivity index is 2.04. The number of nitrogens with two attached hydrogens (primary N) is 1. The largest absolute Gasteiger partial charge is 0.396 e. The van der Waals surface area contributed by atoms with Crippen molar-refractivity contribution in [2.45, 2.75) is 32.2 Å². The summed E-state index contributed by atoms with van der Waals surface area (Å²) in [4.78, 5) is 15.5. The van der Waals surface area contributed by atoms with E-state index in [1.807, 2.05) is 6.07 Å². The van der Waals surface area contributed by atoms with Crippen molar-refractivity contribution in [3.05, 3.63) is 42.1 Å². The number of amides is 1. The van der Waals surface area contributed by atoms with Crippen LogP contribution in [0.3, 0.4) is 0 Å². The molecule has 0 saturated carbocycles. The molecule has 2 aromatic heterocycles. The van der Waals surface area contributed by atoms with Gasteiger partial charge in [-0.05, 0) is 49.1 Å². The number of primary amides is 1. The second kappa shape index (κ2) is 6.79. The molecule has 0 saturated heterocycles. The van der Waals surface area contributed by atoms with Gasteiger partial charge in [-0.15, -0.1) is 0 Å². The minimum atomic E-state index is -0.273. The fraction of sp³-hybridized carbons (Fsp3) is 0.333. The summed E-state index contributed by atoms with van der Waals surface area (Å²) in [5, 5.41) is 11.3. The molecule has 0 atom stereocenters. The van der Waals surface area contributed by atoms with E-state index in [9.17, 15) is 4.79 Å². The maximum Gasteiger partial charge on any atom is 0.217 e. The highest BCUT2D eigenvalue weighted by Gasteiger charge is 2.12. The Hall–Kier alpha value is -2.40. The van der Waals surface area contributed by atoms with E-state index in [0.717, 1.165) is 35.9 Å². The Morgan fingerprint density at radius 1 is 1.22 bits per heavy atom. The molecule has 3 rings (SSSR count). The number of nitrogens with zero attached hydrogens (tertiary/aromatic N) is 2. The smallest absolute Gasteiger partial charge is 0.217 e. The summed E-state index contributed by atoms with van der Waals surface area (Å²) < 4.78 is 2.16. The van der Waals surface area contributed by atoms with Crippen LogP contribution < -0.4 is 5.73 Å². The molecule has 2 heterocycles. The van der Waals surface area contributed by atoms with Crippen LogP contribution >= 0.6 is 0 Å². The molecule has 0 bridgehead atoms. The van der Waals surface area contributed by atoms with E-state index < -0.39 is 0 Å². The van der Waals surface area contributed by atoms with Crippen molar-refractivity contribution in [1.29, 1.82) is 0 Å². The first kappa shape index (κ1) is 15.5. The van der Waals surface area contributed by atoms with Gasteiger partial charge in [0.15, 0.2) is 0 Å². The monoisotopic (exact) mass is 311 g/mol. The minimum absolute atomic E-state index is 0.203. The molecule has 0 spiro atoms. The van der Waals surface area contributed by atoms with E-state index in [0.29, 0.717) is 12.8 Å². The summed E-state index contributed by atoms with van der Waals surface area (Å²) in [6.07, 6.45) is 4.50. The highest BCUT2D eigenvalue weighted by Crippen LogP contribution is 2.29. The summed E-state index contributed by atoms with van der Waals surface area (Å²) in [6.45, 7) is 0.921. The molecule has 23 heavy (non-hydrogen) atoms. The van der Waals surface area contributed by atoms with Gasteiger partial charge in [-0.1, -0.05) is 6.07 Å². The Morgan fingerprint density at radius 2 is 2.09 bits per heavy atom. The van der Waals surface area contributed by atoms with Crippen molar-refractivity contribution in [3.8, 4) is 0 Å². The quantitative estimate of drug-likeness (QED) is 0.703. The first-order chi connectivity index (χ1) is 11.2. The van der Waals surface area contributed by atoms with Gasteiger partial charge in [-0.25, -0.2) is 4.98 Å². The molecule has 0 fully saturated rings. The van der Waals surface area contributed by atoms with Crippen LogP contribution in [0.1, 0.15) is 24.8 Å². The first-order valence-corrected chi connectivity index (χ1v) is 7.95. The Bertz CT molecular complexity index is 839. The number of aromatic nitrogens is 2. The summed E-state index contributed by atoms with van der Waals surface area (Å²) in [5.41, 5.74) is 8.51. The number of rotatable bonds is 7. The van der Waals surface area contributed by atoms with Gasteiger partial charge in [0.25, 0.3) is 0 Å². The number of hydrogen-bond acceptors (Lipinski definition) is 3. The first-order valence-electron chi connectivity index (χ1n) is 7.95. The minimum Gasteiger partial charge on any atom is -0.396 e. The van der Waals surface area contributed by atoms with Crippen molar-refractivity contribution in [1.82, 2.24) is 9.55 Å². The summed E-state index contributed by atoms with van der Waals surface area (Å²) in [7, 11) is 0. The van der Waals surface area contributed by atoms with Crippen LogP contribution in [-0.2, 0) is 17.8 Å². The number of carbonyl (C=O) groups excluding carboxylic acids is 1. The van der Waals surface area contributed by atoms with Crippen LogP contribution in [-0.4, -0.2) is 27.2 Å². The zero-order valence-electron chi connectivity index (χ0n) is 13.0. The molecule has 0 aliphatic carbocycles. The highest BCUT2D eigenvalue weighted by molar-refractivity contribution is 6.06. The Morgan fingerprint density at radius 3 is 2.87 bits per heavy atom. The lowest BCUT2D eigenvalue weighted by Gasteiger charge is -2.06. The Labute approximate surface area is 134 Å². The van der Waals surface area contributed by atoms with Crippen LogP contribution in [0, 0.1) is 0 Å². The number of fused-ring (bicyclic) bond motifs is 3.